The van der Waals surface area contributed by atoms with Gasteiger partial charge in [0.1, 0.15) is 12.2 Å². The number of hydrogen-bond acceptors (Lipinski definition) is 12. The second-order valence-electron chi connectivity index (χ2n) is 20.9. The smallest absolute Gasteiger partial charge is 0.339 e. The number of hydrogen-bond donors (Lipinski definition) is 0. The zero-order chi connectivity index (χ0) is 56.4. The number of amides is 2. The molecule has 4 heterocycles. The lowest BCUT2D eigenvalue weighted by atomic mass is 9.94. The highest BCUT2D eigenvalue weighted by molar-refractivity contribution is 6.33. The summed E-state index contributed by atoms with van der Waals surface area (Å²) in [7, 11) is 0. The van der Waals surface area contributed by atoms with E-state index in [0.29, 0.717) is 82.6 Å². The van der Waals surface area contributed by atoms with Crippen molar-refractivity contribution in [1.29, 1.82) is 0 Å². The average molecular weight is 1120 g/mol. The summed E-state index contributed by atoms with van der Waals surface area (Å²) in [6.45, 7) is 19.7. The lowest BCUT2D eigenvalue weighted by Gasteiger charge is -2.26. The van der Waals surface area contributed by atoms with E-state index in [2.05, 4.69) is 24.2 Å². The third-order valence-corrected chi connectivity index (χ3v) is 15.1. The Kier molecular flexibility index (Phi) is 27.7. The van der Waals surface area contributed by atoms with E-state index in [1.54, 1.807) is 0 Å². The van der Waals surface area contributed by atoms with Crippen molar-refractivity contribution in [2.45, 2.75) is 183 Å². The van der Waals surface area contributed by atoms with Gasteiger partial charge in [-0.3, -0.25) is 9.59 Å². The number of carbonyl (C=O) groups is 4. The molecule has 78 heavy (non-hydrogen) atoms. The number of carbonyl (C=O) groups excluding carboxylic acids is 4. The molecular weight excluding hydrogens is 1030 g/mol. The molecule has 0 spiro atoms. The Morgan fingerprint density at radius 2 is 0.962 bits per heavy atom. The van der Waals surface area contributed by atoms with Crippen LogP contribution in [0.3, 0.4) is 0 Å². The molecule has 2 amide bonds. The fourth-order valence-electron chi connectivity index (χ4n) is 9.67. The molecule has 0 aromatic heterocycles. The number of esters is 2. The molecule has 2 aromatic rings. The number of ether oxygens (including phenoxy) is 4. The zero-order valence-electron chi connectivity index (χ0n) is 47.7. The van der Waals surface area contributed by atoms with E-state index in [9.17, 15) is 19.2 Å². The van der Waals surface area contributed by atoms with E-state index in [0.717, 1.165) is 113 Å². The number of oxime groups is 2. The molecule has 4 atom stereocenters. The van der Waals surface area contributed by atoms with Crippen LogP contribution in [0.15, 0.2) is 71.1 Å². The van der Waals surface area contributed by atoms with Gasteiger partial charge >= 0.3 is 11.9 Å². The largest absolute Gasteiger partial charge is 0.459 e. The van der Waals surface area contributed by atoms with Crippen LogP contribution < -0.4 is 0 Å². The van der Waals surface area contributed by atoms with E-state index in [-0.39, 0.29) is 62.3 Å². The summed E-state index contributed by atoms with van der Waals surface area (Å²) in [6.07, 6.45) is 28.4. The van der Waals surface area contributed by atoms with Crippen molar-refractivity contribution >= 4 is 58.4 Å². The maximum Gasteiger partial charge on any atom is 0.339 e. The molecule has 0 bridgehead atoms. The summed E-state index contributed by atoms with van der Waals surface area (Å²) in [5.41, 5.74) is 6.62. The van der Waals surface area contributed by atoms with Crippen LogP contribution >= 0.6 is 23.2 Å². The van der Waals surface area contributed by atoms with Gasteiger partial charge in [0.2, 0.25) is 0 Å². The topological polar surface area (TPSA) is 155 Å². The van der Waals surface area contributed by atoms with Crippen LogP contribution in [0.1, 0.15) is 172 Å². The van der Waals surface area contributed by atoms with Crippen molar-refractivity contribution in [3.63, 3.8) is 0 Å². The number of halogens is 2. The van der Waals surface area contributed by atoms with Gasteiger partial charge < -0.3 is 38.4 Å². The van der Waals surface area contributed by atoms with Gasteiger partial charge in [0, 0.05) is 75.1 Å². The van der Waals surface area contributed by atoms with E-state index in [4.69, 9.17) is 51.8 Å². The molecule has 2 fully saturated rings. The van der Waals surface area contributed by atoms with Gasteiger partial charge in [-0.25, -0.2) is 9.59 Å². The van der Waals surface area contributed by atoms with Crippen molar-refractivity contribution in [1.82, 2.24) is 9.80 Å². The molecule has 428 valence electrons. The van der Waals surface area contributed by atoms with Crippen molar-refractivity contribution < 1.29 is 47.8 Å². The highest BCUT2D eigenvalue weighted by Crippen LogP contribution is 2.32. The number of unbranched alkanes of at least 4 members (excludes halogenated alkanes) is 2. The number of fused-ring (bicyclic) bond motifs is 2. The number of rotatable bonds is 14. The quantitative estimate of drug-likeness (QED) is 0.0772. The number of nitrogens with zero attached hydrogens (tertiary/aromatic N) is 4. The molecule has 0 radical (unpaired) electrons. The van der Waals surface area contributed by atoms with Gasteiger partial charge in [0.05, 0.1) is 34.8 Å². The number of allylic oxidation sites excluding steroid dienone is 2. The number of benzene rings is 2. The minimum Gasteiger partial charge on any atom is -0.459 e. The van der Waals surface area contributed by atoms with Crippen molar-refractivity contribution in [3.05, 3.63) is 115 Å². The summed E-state index contributed by atoms with van der Waals surface area (Å²) < 4.78 is 23.8. The number of cyclic esters (lactones) is 2. The zero-order valence-corrected chi connectivity index (χ0v) is 49.2. The molecule has 2 aromatic carbocycles. The normalized spacial score (nSPS) is 22.6. The molecule has 0 N–H and O–H groups in total. The number of likely N-dealkylation sites (tertiary alicyclic amines) is 2. The molecule has 0 aliphatic carbocycles. The van der Waals surface area contributed by atoms with Crippen LogP contribution in [-0.2, 0) is 51.1 Å². The number of aryl methyl sites for hydroxylation is 4. The minimum absolute atomic E-state index is 0.0684. The third kappa shape index (κ3) is 20.7. The summed E-state index contributed by atoms with van der Waals surface area (Å²) in [5, 5.41) is 9.68. The summed E-state index contributed by atoms with van der Waals surface area (Å²) >= 11 is 13.5. The SMILES string of the molecule is CCCCOC1C=CC[C@@H](C)OC(=O)c2c(C)cc(C)c(Cl)c2CC(=N/OCC(=O)N2CCCCC2)/C=C/C1.CCCCOC1C=CC[C@@H](C)OC(=O)c2c(C)cc(C)c(Cl)c2CC(=N\OCC(=O)N2CCCCC2)/C=C/C1. The lowest BCUT2D eigenvalue weighted by Crippen LogP contribution is -2.37. The van der Waals surface area contributed by atoms with Crippen LogP contribution in [0.4, 0.5) is 0 Å². The predicted octanol–water partition coefficient (Wildman–Crippen LogP) is 13.0. The van der Waals surface area contributed by atoms with E-state index in [1.165, 1.54) is 0 Å². The van der Waals surface area contributed by atoms with Gasteiger partial charge in [-0.05, 0) is 151 Å². The standard InChI is InChI=1S/2C31H43ClN2O5/c2*1-5-6-18-37-26-14-10-12-24(4)39-31(36)29-22(2)19-23(3)30(32)27(29)20-25(13-11-15-26)33-38-21-28(35)34-16-8-7-9-17-34/h2*10-11,13-14,19,24,26H,5-9,12,15-18,20-21H2,1-4H3/b13-11+,14-10?,33-25+;13-11+,14-10?,33-25-/t2*24-,26?/m11/s1. The van der Waals surface area contributed by atoms with Crippen LogP contribution in [0.5, 0.6) is 0 Å². The third-order valence-electron chi connectivity index (χ3n) is 14.0. The molecule has 4 aliphatic rings. The van der Waals surface area contributed by atoms with Gasteiger partial charge in [-0.15, -0.1) is 0 Å². The average Bonchev–Trinajstić information content (AvgIpc) is 3.43. The summed E-state index contributed by atoms with van der Waals surface area (Å²) in [6, 6.07) is 3.80. The monoisotopic (exact) mass is 1120 g/mol. The van der Waals surface area contributed by atoms with Crippen molar-refractivity contribution in [2.75, 3.05) is 52.6 Å². The first-order valence-corrected chi connectivity index (χ1v) is 29.2. The van der Waals surface area contributed by atoms with Gasteiger partial charge in [0.15, 0.2) is 13.2 Å². The second kappa shape index (κ2) is 34.0. The Bertz CT molecular complexity index is 2320. The van der Waals surface area contributed by atoms with Gasteiger partial charge in [-0.1, -0.05) is 109 Å². The van der Waals surface area contributed by atoms with E-state index in [1.807, 2.05) is 112 Å². The Labute approximate surface area is 474 Å². The fraction of sp³-hybridized carbons (Fsp3) is 0.581. The summed E-state index contributed by atoms with van der Waals surface area (Å²) in [5.74, 6) is -0.965. The van der Waals surface area contributed by atoms with Gasteiger partial charge in [0.25, 0.3) is 11.8 Å². The minimum atomic E-state index is -0.414. The molecule has 2 unspecified atom stereocenters. The first-order chi connectivity index (χ1) is 37.6. The molecule has 6 rings (SSSR count). The molecule has 0 saturated carbocycles. The Morgan fingerprint density at radius 3 is 1.33 bits per heavy atom. The molecular formula is C62H86Cl2N4O10. The van der Waals surface area contributed by atoms with Crippen LogP contribution in [0, 0.1) is 27.7 Å². The first kappa shape index (κ1) is 63.6. The first-order valence-electron chi connectivity index (χ1n) is 28.4. The Balaban J connectivity index is 0.000000287. The van der Waals surface area contributed by atoms with E-state index >= 15 is 0 Å². The fourth-order valence-corrected chi connectivity index (χ4v) is 10.1. The molecule has 14 nitrogen and oxygen atoms in total. The van der Waals surface area contributed by atoms with Crippen LogP contribution in [-0.4, -0.2) is 122 Å². The maximum absolute atomic E-state index is 13.3. The lowest BCUT2D eigenvalue weighted by molar-refractivity contribution is -0.137. The molecule has 2 saturated heterocycles. The van der Waals surface area contributed by atoms with Crippen LogP contribution in [0.25, 0.3) is 0 Å². The van der Waals surface area contributed by atoms with Crippen molar-refractivity contribution in [3.8, 4) is 0 Å². The van der Waals surface area contributed by atoms with Crippen molar-refractivity contribution in [2.24, 2.45) is 10.3 Å². The summed E-state index contributed by atoms with van der Waals surface area (Å²) in [4.78, 5) is 66.6. The molecule has 16 heteroatoms. The Hall–Kier alpha value is -5.28. The molecule has 4 aliphatic heterocycles. The van der Waals surface area contributed by atoms with Gasteiger partial charge in [-0.2, -0.15) is 0 Å². The predicted molar refractivity (Wildman–Crippen MR) is 311 cm³/mol. The van der Waals surface area contributed by atoms with E-state index < -0.39 is 11.9 Å². The maximum atomic E-state index is 13.3. The highest BCUT2D eigenvalue weighted by Gasteiger charge is 2.26. The number of piperidine rings is 2. The second-order valence-corrected chi connectivity index (χ2v) is 21.6. The Morgan fingerprint density at radius 1 is 0.577 bits per heavy atom. The van der Waals surface area contributed by atoms with Crippen LogP contribution in [0.2, 0.25) is 10.0 Å². The highest BCUT2D eigenvalue weighted by atomic mass is 35.5.